The van der Waals surface area contributed by atoms with Crippen LogP contribution in [0.2, 0.25) is 0 Å². The number of hydrogen-bond acceptors (Lipinski definition) is 7. The highest BCUT2D eigenvalue weighted by molar-refractivity contribution is 5.96. The van der Waals surface area contributed by atoms with Gasteiger partial charge < -0.3 is 20.3 Å². The maximum absolute atomic E-state index is 15.0. The van der Waals surface area contributed by atoms with E-state index in [9.17, 15) is 18.0 Å². The van der Waals surface area contributed by atoms with Crippen molar-refractivity contribution in [3.05, 3.63) is 77.4 Å². The number of nitriles is 1. The van der Waals surface area contributed by atoms with Crippen LogP contribution in [0.3, 0.4) is 0 Å². The fraction of sp³-hybridized carbons (Fsp3) is 0.333. The van der Waals surface area contributed by atoms with Gasteiger partial charge in [0.2, 0.25) is 5.95 Å². The summed E-state index contributed by atoms with van der Waals surface area (Å²) in [7, 11) is 3.29. The molecule has 0 radical (unpaired) electrons. The van der Waals surface area contributed by atoms with E-state index in [-0.39, 0.29) is 46.6 Å². The minimum Gasteiger partial charge on any atom is -0.495 e. The summed E-state index contributed by atoms with van der Waals surface area (Å²) in [6, 6.07) is 3.91. The van der Waals surface area contributed by atoms with Crippen LogP contribution in [0.25, 0.3) is 0 Å². The van der Waals surface area contributed by atoms with E-state index in [2.05, 4.69) is 38.7 Å². The summed E-state index contributed by atoms with van der Waals surface area (Å²) in [5.74, 6) is -1.68. The third-order valence-electron chi connectivity index (χ3n) is 6.21. The Morgan fingerprint density at radius 2 is 2.03 bits per heavy atom. The molecule has 0 saturated carbocycles. The first-order chi connectivity index (χ1) is 18.5. The third-order valence-corrected chi connectivity index (χ3v) is 6.21. The number of amides is 1. The Labute approximate surface area is 223 Å². The van der Waals surface area contributed by atoms with Gasteiger partial charge >= 0.3 is 6.18 Å². The molecule has 1 aromatic heterocycles. The van der Waals surface area contributed by atoms with Crippen molar-refractivity contribution in [2.24, 2.45) is 0 Å². The van der Waals surface area contributed by atoms with Crippen LogP contribution >= 0.6 is 0 Å². The molecular weight excluding hydrogens is 516 g/mol. The first-order valence-corrected chi connectivity index (χ1v) is 11.9. The van der Waals surface area contributed by atoms with Gasteiger partial charge in [-0.05, 0) is 44.6 Å². The number of piperidine rings is 1. The summed E-state index contributed by atoms with van der Waals surface area (Å²) in [6.07, 6.45) is -0.394. The zero-order valence-electron chi connectivity index (χ0n) is 21.5. The average molecular weight is 545 g/mol. The minimum absolute atomic E-state index is 0.000147. The summed E-state index contributed by atoms with van der Waals surface area (Å²) in [5.41, 5.74) is -1.63. The Bertz CT molecular complexity index is 1320. The molecule has 2 heterocycles. The van der Waals surface area contributed by atoms with Crippen LogP contribution in [0.4, 0.5) is 29.2 Å². The van der Waals surface area contributed by atoms with Crippen molar-refractivity contribution in [2.45, 2.75) is 31.5 Å². The molecule has 2 N–H and O–H groups in total. The Morgan fingerprint density at radius 1 is 1.33 bits per heavy atom. The van der Waals surface area contributed by atoms with Gasteiger partial charge in [-0.1, -0.05) is 25.3 Å². The number of allylic oxidation sites excluding steroid dienone is 4. The number of alkyl halides is 3. The summed E-state index contributed by atoms with van der Waals surface area (Å²) in [4.78, 5) is 22.6. The highest BCUT2D eigenvalue weighted by Gasteiger charge is 2.35. The van der Waals surface area contributed by atoms with Gasteiger partial charge in [-0.3, -0.25) is 4.79 Å². The first kappa shape index (κ1) is 29.3. The first-order valence-electron chi connectivity index (χ1n) is 11.9. The van der Waals surface area contributed by atoms with Crippen LogP contribution in [-0.2, 0) is 12.6 Å². The van der Waals surface area contributed by atoms with Gasteiger partial charge in [-0.2, -0.15) is 18.4 Å². The summed E-state index contributed by atoms with van der Waals surface area (Å²) in [5, 5.41) is 14.7. The number of nitrogens with zero attached hydrogens (tertiary/aromatic N) is 4. The number of nitrogens with one attached hydrogen (secondary N) is 2. The van der Waals surface area contributed by atoms with Crippen molar-refractivity contribution in [1.82, 2.24) is 20.2 Å². The quantitative estimate of drug-likeness (QED) is 0.262. The molecule has 0 atom stereocenters. The number of aromatic nitrogens is 2. The number of carbonyl (C=O) groups is 1. The van der Waals surface area contributed by atoms with Crippen LogP contribution in [-0.4, -0.2) is 54.1 Å². The highest BCUT2D eigenvalue weighted by Crippen LogP contribution is 2.34. The minimum atomic E-state index is -4.77. The lowest BCUT2D eigenvalue weighted by Gasteiger charge is -2.29. The van der Waals surface area contributed by atoms with E-state index < -0.39 is 29.2 Å². The van der Waals surface area contributed by atoms with Gasteiger partial charge in [0.15, 0.2) is 0 Å². The van der Waals surface area contributed by atoms with Crippen LogP contribution < -0.4 is 15.4 Å². The lowest BCUT2D eigenvalue weighted by molar-refractivity contribution is -0.138. The van der Waals surface area contributed by atoms with E-state index in [1.165, 1.54) is 25.3 Å². The molecule has 1 aliphatic rings. The average Bonchev–Trinajstić information content (AvgIpc) is 2.88. The van der Waals surface area contributed by atoms with Gasteiger partial charge in [0, 0.05) is 30.3 Å². The third kappa shape index (κ3) is 7.42. The molecular formula is C27H28F4N6O2. The normalized spacial score (nSPS) is 14.8. The molecule has 0 bridgehead atoms. The number of halogens is 4. The maximum atomic E-state index is 15.0. The predicted octanol–water partition coefficient (Wildman–Crippen LogP) is 4.95. The number of rotatable bonds is 9. The Kier molecular flexibility index (Phi) is 9.42. The van der Waals surface area contributed by atoms with Crippen molar-refractivity contribution in [1.29, 1.82) is 5.26 Å². The fourth-order valence-corrected chi connectivity index (χ4v) is 4.04. The van der Waals surface area contributed by atoms with Crippen molar-refractivity contribution >= 4 is 17.5 Å². The van der Waals surface area contributed by atoms with E-state index >= 15 is 4.39 Å². The molecule has 0 unspecified atom stereocenters. The molecule has 1 aliphatic heterocycles. The van der Waals surface area contributed by atoms with Crippen molar-refractivity contribution in [2.75, 3.05) is 32.6 Å². The van der Waals surface area contributed by atoms with Crippen molar-refractivity contribution in [3.63, 3.8) is 0 Å². The number of carbonyl (C=O) groups excluding carboxylic acids is 1. The lowest BCUT2D eigenvalue weighted by Crippen LogP contribution is -2.43. The van der Waals surface area contributed by atoms with Crippen LogP contribution in [0, 0.1) is 17.1 Å². The monoisotopic (exact) mass is 544 g/mol. The zero-order chi connectivity index (χ0) is 28.7. The maximum Gasteiger partial charge on any atom is 0.419 e. The number of anilines is 2. The van der Waals surface area contributed by atoms with Crippen LogP contribution in [0.15, 0.2) is 54.8 Å². The SMILES string of the molecule is C=C/C=C(/Cc1nc(Nc2cc(F)c(C(=O)NC3CCN(C)CC3)cc2OC)ncc1C(F)(F)F)C(=C)C#N. The molecule has 2 aromatic rings. The molecule has 1 fully saturated rings. The molecule has 8 nitrogen and oxygen atoms in total. The lowest BCUT2D eigenvalue weighted by atomic mass is 10.0. The largest absolute Gasteiger partial charge is 0.495 e. The number of hydrogen-bond donors (Lipinski definition) is 2. The van der Waals surface area contributed by atoms with Gasteiger partial charge in [0.25, 0.3) is 5.91 Å². The molecule has 1 saturated heterocycles. The van der Waals surface area contributed by atoms with Crippen LogP contribution in [0.5, 0.6) is 5.75 Å². The molecule has 1 aromatic carbocycles. The van der Waals surface area contributed by atoms with Crippen LogP contribution in [0.1, 0.15) is 34.5 Å². The van der Waals surface area contributed by atoms with Gasteiger partial charge in [-0.25, -0.2) is 14.4 Å². The molecule has 206 valence electrons. The zero-order valence-corrected chi connectivity index (χ0v) is 21.5. The second kappa shape index (κ2) is 12.5. The standard InChI is InChI=1S/C27H28F4N6O2/c1-5-6-17(16(2)14-32)11-22-20(27(29,30)31)15-33-26(35-22)36-23-13-21(28)19(12-24(23)39-4)25(38)34-18-7-9-37(3)10-8-18/h5-6,12-13,15,18H,1-2,7-11H2,3-4H3,(H,34,38)(H,33,35,36)/b17-6-. The molecule has 0 spiro atoms. The summed E-state index contributed by atoms with van der Waals surface area (Å²) in [6.45, 7) is 8.69. The number of ether oxygens (including phenoxy) is 1. The number of methoxy groups -OCH3 is 1. The highest BCUT2D eigenvalue weighted by atomic mass is 19.4. The van der Waals surface area contributed by atoms with Gasteiger partial charge in [0.1, 0.15) is 11.6 Å². The van der Waals surface area contributed by atoms with E-state index in [0.29, 0.717) is 6.20 Å². The Morgan fingerprint density at radius 3 is 2.62 bits per heavy atom. The van der Waals surface area contributed by atoms with Crippen molar-refractivity contribution < 1.29 is 27.1 Å². The molecule has 39 heavy (non-hydrogen) atoms. The van der Waals surface area contributed by atoms with E-state index in [1.807, 2.05) is 7.05 Å². The van der Waals surface area contributed by atoms with Crippen molar-refractivity contribution in [3.8, 4) is 11.8 Å². The van der Waals surface area contributed by atoms with E-state index in [0.717, 1.165) is 32.0 Å². The fourth-order valence-electron chi connectivity index (χ4n) is 4.04. The van der Waals surface area contributed by atoms with Gasteiger partial charge in [0.05, 0.1) is 35.7 Å². The number of benzene rings is 1. The second-order valence-electron chi connectivity index (χ2n) is 8.95. The molecule has 0 aliphatic carbocycles. The smallest absolute Gasteiger partial charge is 0.419 e. The van der Waals surface area contributed by atoms with E-state index in [4.69, 9.17) is 10.00 Å². The molecule has 1 amide bonds. The molecule has 3 rings (SSSR count). The summed E-state index contributed by atoms with van der Waals surface area (Å²) < 4.78 is 61.3. The topological polar surface area (TPSA) is 103 Å². The number of likely N-dealkylation sites (tertiary alicyclic amines) is 1. The van der Waals surface area contributed by atoms with Gasteiger partial charge in [-0.15, -0.1) is 0 Å². The Balaban J connectivity index is 1.91. The summed E-state index contributed by atoms with van der Waals surface area (Å²) >= 11 is 0. The molecule has 12 heteroatoms. The predicted molar refractivity (Wildman–Crippen MR) is 138 cm³/mol. The Hall–Kier alpha value is -4.24. The van der Waals surface area contributed by atoms with E-state index in [1.54, 1.807) is 6.07 Å². The second-order valence-corrected chi connectivity index (χ2v) is 8.95.